The molecule has 132 valence electrons. The van der Waals surface area contributed by atoms with Crippen LogP contribution in [0.3, 0.4) is 0 Å². The summed E-state index contributed by atoms with van der Waals surface area (Å²) in [7, 11) is 0. The van der Waals surface area contributed by atoms with Gasteiger partial charge in [-0.25, -0.2) is 4.68 Å². The van der Waals surface area contributed by atoms with Crippen LogP contribution in [-0.4, -0.2) is 33.2 Å². The fourth-order valence-corrected chi connectivity index (χ4v) is 3.80. The van der Waals surface area contributed by atoms with Gasteiger partial charge in [-0.15, -0.1) is 11.3 Å². The molecule has 1 saturated carbocycles. The number of benzene rings is 1. The van der Waals surface area contributed by atoms with E-state index < -0.39 is 0 Å². The maximum absolute atomic E-state index is 12.5. The van der Waals surface area contributed by atoms with Crippen molar-refractivity contribution in [2.75, 3.05) is 6.54 Å². The van der Waals surface area contributed by atoms with Crippen LogP contribution in [0.15, 0.2) is 60.1 Å². The van der Waals surface area contributed by atoms with Gasteiger partial charge in [0.2, 0.25) is 5.91 Å². The zero-order valence-electron chi connectivity index (χ0n) is 14.7. The second kappa shape index (κ2) is 7.30. The predicted molar refractivity (Wildman–Crippen MR) is 106 cm³/mol. The van der Waals surface area contributed by atoms with E-state index in [2.05, 4.69) is 6.07 Å². The summed E-state index contributed by atoms with van der Waals surface area (Å²) in [6.07, 6.45) is 7.82. The van der Waals surface area contributed by atoms with Crippen LogP contribution in [0.25, 0.3) is 22.3 Å². The average molecular weight is 363 g/mol. The van der Waals surface area contributed by atoms with Gasteiger partial charge >= 0.3 is 0 Å². The van der Waals surface area contributed by atoms with Crippen molar-refractivity contribution in [1.82, 2.24) is 14.7 Å². The number of amides is 1. The monoisotopic (exact) mass is 363 g/mol. The highest BCUT2D eigenvalue weighted by Gasteiger charge is 2.30. The lowest BCUT2D eigenvalue weighted by Crippen LogP contribution is -2.31. The summed E-state index contributed by atoms with van der Waals surface area (Å²) in [5.41, 5.74) is 2.86. The van der Waals surface area contributed by atoms with Crippen LogP contribution < -0.4 is 0 Å². The molecule has 0 bridgehead atoms. The maximum Gasteiger partial charge on any atom is 0.246 e. The largest absolute Gasteiger partial charge is 0.336 e. The molecule has 3 aromatic rings. The smallest absolute Gasteiger partial charge is 0.246 e. The minimum Gasteiger partial charge on any atom is -0.336 e. The van der Waals surface area contributed by atoms with Crippen LogP contribution in [0, 0.1) is 0 Å². The molecule has 0 radical (unpaired) electrons. The first kappa shape index (κ1) is 16.8. The maximum atomic E-state index is 12.5. The molecule has 1 aromatic carbocycles. The first-order valence-corrected chi connectivity index (χ1v) is 9.82. The first-order chi connectivity index (χ1) is 12.8. The fourth-order valence-electron chi connectivity index (χ4n) is 3.06. The quantitative estimate of drug-likeness (QED) is 0.599. The number of para-hydroxylation sites is 1. The molecule has 0 atom stereocenters. The van der Waals surface area contributed by atoms with E-state index in [4.69, 9.17) is 5.10 Å². The van der Waals surface area contributed by atoms with Crippen LogP contribution in [-0.2, 0) is 4.79 Å². The number of hydrogen-bond donors (Lipinski definition) is 0. The molecule has 0 N–H and O–H groups in total. The zero-order valence-corrected chi connectivity index (χ0v) is 15.5. The van der Waals surface area contributed by atoms with Crippen molar-refractivity contribution >= 4 is 23.3 Å². The summed E-state index contributed by atoms with van der Waals surface area (Å²) in [6, 6.07) is 14.5. The highest BCUT2D eigenvalue weighted by molar-refractivity contribution is 7.13. The van der Waals surface area contributed by atoms with Crippen molar-refractivity contribution in [2.24, 2.45) is 0 Å². The molecule has 2 heterocycles. The molecule has 4 rings (SSSR count). The summed E-state index contributed by atoms with van der Waals surface area (Å²) < 4.78 is 1.87. The Morgan fingerprint density at radius 3 is 2.73 bits per heavy atom. The second-order valence-electron chi connectivity index (χ2n) is 6.38. The molecule has 1 fully saturated rings. The number of carbonyl (C=O) groups excluding carboxylic acids is 1. The lowest BCUT2D eigenvalue weighted by Gasteiger charge is -2.17. The van der Waals surface area contributed by atoms with Crippen LogP contribution in [0.1, 0.15) is 25.3 Å². The number of likely N-dealkylation sites (N-methyl/N-ethyl adjacent to an activating group) is 1. The van der Waals surface area contributed by atoms with Crippen molar-refractivity contribution < 1.29 is 4.79 Å². The molecule has 0 aliphatic heterocycles. The second-order valence-corrected chi connectivity index (χ2v) is 7.33. The highest BCUT2D eigenvalue weighted by Crippen LogP contribution is 2.29. The molecule has 2 aromatic heterocycles. The van der Waals surface area contributed by atoms with E-state index in [0.29, 0.717) is 6.04 Å². The number of aromatic nitrogens is 2. The average Bonchev–Trinajstić information content (AvgIpc) is 3.20. The van der Waals surface area contributed by atoms with Gasteiger partial charge in [-0.1, -0.05) is 24.3 Å². The predicted octanol–water partition coefficient (Wildman–Crippen LogP) is 4.62. The van der Waals surface area contributed by atoms with Gasteiger partial charge in [-0.3, -0.25) is 4.79 Å². The van der Waals surface area contributed by atoms with Gasteiger partial charge in [-0.2, -0.15) is 5.10 Å². The molecule has 0 saturated heterocycles. The van der Waals surface area contributed by atoms with Crippen molar-refractivity contribution in [1.29, 1.82) is 0 Å². The summed E-state index contributed by atoms with van der Waals surface area (Å²) >= 11 is 1.65. The number of thiophene rings is 1. The Hall–Kier alpha value is -2.66. The van der Waals surface area contributed by atoms with Crippen LogP contribution in [0.4, 0.5) is 0 Å². The Balaban J connectivity index is 1.67. The molecule has 0 spiro atoms. The minimum atomic E-state index is 0.0830. The lowest BCUT2D eigenvalue weighted by atomic mass is 10.2. The Kier molecular flexibility index (Phi) is 4.71. The van der Waals surface area contributed by atoms with Crippen molar-refractivity contribution in [3.05, 3.63) is 65.7 Å². The molecular weight excluding hydrogens is 342 g/mol. The Labute approximate surface area is 157 Å². The van der Waals surface area contributed by atoms with E-state index in [9.17, 15) is 4.79 Å². The topological polar surface area (TPSA) is 38.1 Å². The molecule has 0 unspecified atom stereocenters. The number of hydrogen-bond acceptors (Lipinski definition) is 3. The molecular formula is C21H21N3OS. The van der Waals surface area contributed by atoms with Gasteiger partial charge < -0.3 is 4.90 Å². The molecule has 1 aliphatic rings. The third kappa shape index (κ3) is 3.48. The van der Waals surface area contributed by atoms with E-state index in [0.717, 1.165) is 41.2 Å². The van der Waals surface area contributed by atoms with E-state index in [1.165, 1.54) is 0 Å². The van der Waals surface area contributed by atoms with Gasteiger partial charge in [0.1, 0.15) is 5.69 Å². The third-order valence-corrected chi connectivity index (χ3v) is 5.41. The Morgan fingerprint density at radius 1 is 1.27 bits per heavy atom. The van der Waals surface area contributed by atoms with Crippen LogP contribution in [0.5, 0.6) is 0 Å². The fraction of sp³-hybridized carbons (Fsp3) is 0.238. The van der Waals surface area contributed by atoms with E-state index in [1.54, 1.807) is 17.4 Å². The summed E-state index contributed by atoms with van der Waals surface area (Å²) in [5.74, 6) is 0.0830. The zero-order chi connectivity index (χ0) is 17.9. The molecule has 1 amide bonds. The standard InChI is InChI=1S/C21H21N3OS/c1-2-23(17-11-12-17)20(25)13-10-16-15-24(18-7-4-3-5-8-18)22-21(16)19-9-6-14-26-19/h3-10,13-15,17H,2,11-12H2,1H3. The van der Waals surface area contributed by atoms with Gasteiger partial charge in [0, 0.05) is 30.4 Å². The minimum absolute atomic E-state index is 0.0830. The molecule has 4 nitrogen and oxygen atoms in total. The number of nitrogens with zero attached hydrogens (tertiary/aromatic N) is 3. The lowest BCUT2D eigenvalue weighted by molar-refractivity contribution is -0.126. The van der Waals surface area contributed by atoms with Gasteiger partial charge in [0.15, 0.2) is 0 Å². The first-order valence-electron chi connectivity index (χ1n) is 8.94. The van der Waals surface area contributed by atoms with Crippen molar-refractivity contribution in [2.45, 2.75) is 25.8 Å². The number of rotatable bonds is 6. The van der Waals surface area contributed by atoms with Gasteiger partial charge in [0.05, 0.1) is 10.6 Å². The molecule has 1 aliphatic carbocycles. The van der Waals surface area contributed by atoms with Gasteiger partial charge in [0.25, 0.3) is 0 Å². The molecule has 26 heavy (non-hydrogen) atoms. The van der Waals surface area contributed by atoms with Crippen LogP contribution in [0.2, 0.25) is 0 Å². The van der Waals surface area contributed by atoms with E-state index >= 15 is 0 Å². The number of carbonyl (C=O) groups is 1. The van der Waals surface area contributed by atoms with E-state index in [1.807, 2.05) is 70.6 Å². The van der Waals surface area contributed by atoms with Crippen molar-refractivity contribution in [3.8, 4) is 16.3 Å². The highest BCUT2D eigenvalue weighted by atomic mass is 32.1. The summed E-state index contributed by atoms with van der Waals surface area (Å²) in [6.45, 7) is 2.80. The molecule has 5 heteroatoms. The third-order valence-electron chi connectivity index (χ3n) is 4.53. The summed E-state index contributed by atoms with van der Waals surface area (Å²) in [5, 5.41) is 6.81. The SMILES string of the molecule is CCN(C(=O)C=Cc1cn(-c2ccccc2)nc1-c1cccs1)C1CC1. The van der Waals surface area contributed by atoms with Crippen LogP contribution >= 0.6 is 11.3 Å². The van der Waals surface area contributed by atoms with Crippen molar-refractivity contribution in [3.63, 3.8) is 0 Å². The summed E-state index contributed by atoms with van der Waals surface area (Å²) in [4.78, 5) is 15.6. The van der Waals surface area contributed by atoms with E-state index in [-0.39, 0.29) is 5.91 Å². The van der Waals surface area contributed by atoms with Gasteiger partial charge in [-0.05, 0) is 49.4 Å². The Bertz CT molecular complexity index is 908. The normalized spacial score (nSPS) is 14.0. The Morgan fingerprint density at radius 2 is 2.08 bits per heavy atom.